The molecule has 0 unspecified atom stereocenters. The first-order chi connectivity index (χ1) is 8.62. The SMILES string of the molecule is CC1(O)CN(Cc2cc(-c3ccccc3)on2)C1. The maximum atomic E-state index is 9.66. The van der Waals surface area contributed by atoms with Crippen LogP contribution in [-0.2, 0) is 6.54 Å². The van der Waals surface area contributed by atoms with Crippen molar-refractivity contribution >= 4 is 0 Å². The molecule has 1 aromatic heterocycles. The number of benzene rings is 1. The number of nitrogens with zero attached hydrogens (tertiary/aromatic N) is 2. The highest BCUT2D eigenvalue weighted by atomic mass is 16.5. The maximum Gasteiger partial charge on any atom is 0.167 e. The van der Waals surface area contributed by atoms with E-state index in [-0.39, 0.29) is 0 Å². The Balaban J connectivity index is 1.68. The van der Waals surface area contributed by atoms with Crippen LogP contribution in [0.5, 0.6) is 0 Å². The van der Waals surface area contributed by atoms with Crippen molar-refractivity contribution in [2.24, 2.45) is 0 Å². The molecule has 0 saturated carbocycles. The second-order valence-corrected chi connectivity index (χ2v) is 5.19. The Morgan fingerprint density at radius 2 is 2.06 bits per heavy atom. The Morgan fingerprint density at radius 3 is 2.72 bits per heavy atom. The summed E-state index contributed by atoms with van der Waals surface area (Å²) in [6, 6.07) is 11.9. The zero-order valence-corrected chi connectivity index (χ0v) is 10.3. The van der Waals surface area contributed by atoms with E-state index in [2.05, 4.69) is 10.1 Å². The molecule has 3 rings (SSSR count). The van der Waals surface area contributed by atoms with Crippen LogP contribution >= 0.6 is 0 Å². The van der Waals surface area contributed by atoms with Gasteiger partial charge in [0.2, 0.25) is 0 Å². The van der Waals surface area contributed by atoms with Crippen molar-refractivity contribution in [3.8, 4) is 11.3 Å². The molecular formula is C14H16N2O2. The first kappa shape index (κ1) is 11.4. The van der Waals surface area contributed by atoms with Gasteiger partial charge in [0, 0.05) is 31.3 Å². The van der Waals surface area contributed by atoms with Gasteiger partial charge in [0.05, 0.1) is 11.3 Å². The normalized spacial score (nSPS) is 18.6. The van der Waals surface area contributed by atoms with E-state index in [1.807, 2.05) is 43.3 Å². The molecule has 18 heavy (non-hydrogen) atoms. The number of hydrogen-bond donors (Lipinski definition) is 1. The quantitative estimate of drug-likeness (QED) is 0.896. The van der Waals surface area contributed by atoms with E-state index >= 15 is 0 Å². The summed E-state index contributed by atoms with van der Waals surface area (Å²) in [5, 5.41) is 13.7. The van der Waals surface area contributed by atoms with E-state index in [1.54, 1.807) is 0 Å². The summed E-state index contributed by atoms with van der Waals surface area (Å²) in [5.74, 6) is 0.790. The molecule has 1 aromatic carbocycles. The third-order valence-corrected chi connectivity index (χ3v) is 3.13. The molecule has 0 spiro atoms. The van der Waals surface area contributed by atoms with Crippen LogP contribution in [0.1, 0.15) is 12.6 Å². The van der Waals surface area contributed by atoms with Crippen molar-refractivity contribution in [3.05, 3.63) is 42.1 Å². The lowest BCUT2D eigenvalue weighted by atomic mass is 9.97. The third kappa shape index (κ3) is 2.30. The predicted molar refractivity (Wildman–Crippen MR) is 67.8 cm³/mol. The fourth-order valence-corrected chi connectivity index (χ4v) is 2.38. The Bertz CT molecular complexity index is 526. The first-order valence-corrected chi connectivity index (χ1v) is 6.08. The molecule has 1 saturated heterocycles. The van der Waals surface area contributed by atoms with Gasteiger partial charge in [0.1, 0.15) is 0 Å². The molecule has 0 atom stereocenters. The number of rotatable bonds is 3. The Kier molecular flexibility index (Phi) is 2.69. The van der Waals surface area contributed by atoms with Gasteiger partial charge in [-0.2, -0.15) is 0 Å². The van der Waals surface area contributed by atoms with Crippen molar-refractivity contribution < 1.29 is 9.63 Å². The molecule has 0 aliphatic carbocycles. The highest BCUT2D eigenvalue weighted by Gasteiger charge is 2.36. The summed E-state index contributed by atoms with van der Waals surface area (Å²) in [4.78, 5) is 2.15. The van der Waals surface area contributed by atoms with E-state index in [0.717, 1.165) is 23.6 Å². The largest absolute Gasteiger partial charge is 0.388 e. The predicted octanol–water partition coefficient (Wildman–Crippen LogP) is 1.91. The molecule has 4 heteroatoms. The lowest BCUT2D eigenvalue weighted by Crippen LogP contribution is -2.59. The van der Waals surface area contributed by atoms with Crippen LogP contribution in [0, 0.1) is 0 Å². The van der Waals surface area contributed by atoms with Gasteiger partial charge in [0.25, 0.3) is 0 Å². The molecule has 94 valence electrons. The summed E-state index contributed by atoms with van der Waals surface area (Å²) < 4.78 is 5.33. The molecule has 2 aromatic rings. The van der Waals surface area contributed by atoms with Crippen LogP contribution in [0.15, 0.2) is 40.9 Å². The average molecular weight is 244 g/mol. The highest BCUT2D eigenvalue weighted by molar-refractivity contribution is 5.56. The molecule has 2 heterocycles. The highest BCUT2D eigenvalue weighted by Crippen LogP contribution is 2.24. The Labute approximate surface area is 106 Å². The zero-order valence-electron chi connectivity index (χ0n) is 10.3. The minimum atomic E-state index is -0.536. The van der Waals surface area contributed by atoms with Gasteiger partial charge in [0.15, 0.2) is 5.76 Å². The van der Waals surface area contributed by atoms with Crippen molar-refractivity contribution in [3.63, 3.8) is 0 Å². The van der Waals surface area contributed by atoms with Gasteiger partial charge in [-0.15, -0.1) is 0 Å². The minimum absolute atomic E-state index is 0.536. The van der Waals surface area contributed by atoms with Gasteiger partial charge in [-0.1, -0.05) is 35.5 Å². The van der Waals surface area contributed by atoms with Gasteiger partial charge < -0.3 is 9.63 Å². The Morgan fingerprint density at radius 1 is 1.33 bits per heavy atom. The number of hydrogen-bond acceptors (Lipinski definition) is 4. The van der Waals surface area contributed by atoms with Crippen LogP contribution in [-0.4, -0.2) is 33.9 Å². The van der Waals surface area contributed by atoms with E-state index < -0.39 is 5.60 Å². The second kappa shape index (κ2) is 4.23. The molecule has 1 aliphatic rings. The van der Waals surface area contributed by atoms with Gasteiger partial charge in [-0.25, -0.2) is 0 Å². The fraction of sp³-hybridized carbons (Fsp3) is 0.357. The van der Waals surface area contributed by atoms with Gasteiger partial charge in [-0.3, -0.25) is 4.90 Å². The maximum absolute atomic E-state index is 9.66. The van der Waals surface area contributed by atoms with Crippen molar-refractivity contribution in [1.29, 1.82) is 0 Å². The van der Waals surface area contributed by atoms with Gasteiger partial charge in [-0.05, 0) is 6.92 Å². The third-order valence-electron chi connectivity index (χ3n) is 3.13. The summed E-state index contributed by atoms with van der Waals surface area (Å²) in [6.07, 6.45) is 0. The molecule has 1 fully saturated rings. The van der Waals surface area contributed by atoms with E-state index in [4.69, 9.17) is 4.52 Å². The van der Waals surface area contributed by atoms with Crippen molar-refractivity contribution in [1.82, 2.24) is 10.1 Å². The summed E-state index contributed by atoms with van der Waals surface area (Å²) in [5.41, 5.74) is 1.41. The standard InChI is InChI=1S/C14H16N2O2/c1-14(17)9-16(10-14)8-12-7-13(18-15-12)11-5-3-2-4-6-11/h2-7,17H,8-10H2,1H3. The Hall–Kier alpha value is -1.65. The average Bonchev–Trinajstić information content (AvgIpc) is 2.76. The minimum Gasteiger partial charge on any atom is -0.388 e. The summed E-state index contributed by atoms with van der Waals surface area (Å²) in [7, 11) is 0. The monoisotopic (exact) mass is 244 g/mol. The molecule has 1 N–H and O–H groups in total. The lowest BCUT2D eigenvalue weighted by Gasteiger charge is -2.43. The number of β-amino-alcohol motifs (C(OH)–C–C–N with tert-alkyl or cyclic N) is 1. The molecule has 4 nitrogen and oxygen atoms in total. The van der Waals surface area contributed by atoms with E-state index in [1.165, 1.54) is 0 Å². The topological polar surface area (TPSA) is 49.5 Å². The molecule has 1 aliphatic heterocycles. The fourth-order valence-electron chi connectivity index (χ4n) is 2.38. The molecule has 0 amide bonds. The van der Waals surface area contributed by atoms with Crippen LogP contribution in [0.2, 0.25) is 0 Å². The van der Waals surface area contributed by atoms with Crippen molar-refractivity contribution in [2.75, 3.05) is 13.1 Å². The van der Waals surface area contributed by atoms with Crippen LogP contribution in [0.3, 0.4) is 0 Å². The number of aromatic nitrogens is 1. The lowest BCUT2D eigenvalue weighted by molar-refractivity contribution is -0.0877. The summed E-state index contributed by atoms with van der Waals surface area (Å²) >= 11 is 0. The summed E-state index contributed by atoms with van der Waals surface area (Å²) in [6.45, 7) is 3.97. The van der Waals surface area contributed by atoms with Crippen LogP contribution in [0.25, 0.3) is 11.3 Å². The van der Waals surface area contributed by atoms with Crippen LogP contribution < -0.4 is 0 Å². The molecular weight excluding hydrogens is 228 g/mol. The van der Waals surface area contributed by atoms with Crippen molar-refractivity contribution in [2.45, 2.75) is 19.1 Å². The number of likely N-dealkylation sites (tertiary alicyclic amines) is 1. The smallest absolute Gasteiger partial charge is 0.167 e. The van der Waals surface area contributed by atoms with E-state index in [0.29, 0.717) is 13.1 Å². The molecule has 0 radical (unpaired) electrons. The molecule has 0 bridgehead atoms. The van der Waals surface area contributed by atoms with Crippen LogP contribution in [0.4, 0.5) is 0 Å². The van der Waals surface area contributed by atoms with E-state index in [9.17, 15) is 5.11 Å². The zero-order chi connectivity index (χ0) is 12.6. The second-order valence-electron chi connectivity index (χ2n) is 5.19. The first-order valence-electron chi connectivity index (χ1n) is 6.08. The number of aliphatic hydroxyl groups is 1. The van der Waals surface area contributed by atoms with Gasteiger partial charge >= 0.3 is 0 Å².